The topological polar surface area (TPSA) is 69.1 Å². The zero-order chi connectivity index (χ0) is 8.27. The van der Waals surface area contributed by atoms with Crippen molar-refractivity contribution < 1.29 is 9.32 Å². The van der Waals surface area contributed by atoms with E-state index < -0.39 is 5.91 Å². The van der Waals surface area contributed by atoms with Crippen LogP contribution in [0.3, 0.4) is 0 Å². The molecule has 1 amide bonds. The third-order valence-electron chi connectivity index (χ3n) is 1.16. The smallest absolute Gasteiger partial charge is 0.270 e. The number of primary amides is 1. The minimum absolute atomic E-state index is 0.154. The first-order valence-corrected chi connectivity index (χ1v) is 3.10. The zero-order valence-corrected chi connectivity index (χ0v) is 5.91. The summed E-state index contributed by atoms with van der Waals surface area (Å²) in [6, 6.07) is 1.50. The van der Waals surface area contributed by atoms with Crippen molar-refractivity contribution in [1.82, 2.24) is 5.16 Å². The highest BCUT2D eigenvalue weighted by atomic mass is 16.5. The van der Waals surface area contributed by atoms with E-state index in [1.54, 1.807) is 6.08 Å². The molecule has 1 heterocycles. The van der Waals surface area contributed by atoms with Gasteiger partial charge in [-0.25, -0.2) is 0 Å². The lowest BCUT2D eigenvalue weighted by Crippen LogP contribution is -2.10. The van der Waals surface area contributed by atoms with Gasteiger partial charge < -0.3 is 10.3 Å². The molecule has 0 spiro atoms. The number of nitrogens with two attached hydrogens (primary N) is 1. The summed E-state index contributed by atoms with van der Waals surface area (Å²) in [5.41, 5.74) is 5.09. The molecular weight excluding hydrogens is 144 g/mol. The van der Waals surface area contributed by atoms with Crippen LogP contribution in [0, 0.1) is 0 Å². The molecule has 0 radical (unpaired) electrons. The monoisotopic (exact) mass is 152 g/mol. The molecule has 0 unspecified atom stereocenters. The Hall–Kier alpha value is -1.58. The summed E-state index contributed by atoms with van der Waals surface area (Å²) in [5.74, 6) is 0.0119. The molecule has 1 aromatic heterocycles. The maximum atomic E-state index is 10.5. The molecule has 4 nitrogen and oxygen atoms in total. The molecule has 0 aliphatic rings. The molecule has 1 rings (SSSR count). The number of carbonyl (C=O) groups excluding carboxylic acids is 1. The van der Waals surface area contributed by atoms with Gasteiger partial charge in [0.1, 0.15) is 5.76 Å². The molecule has 0 bridgehead atoms. The van der Waals surface area contributed by atoms with Crippen molar-refractivity contribution in [3.8, 4) is 0 Å². The molecule has 0 atom stereocenters. The molecule has 11 heavy (non-hydrogen) atoms. The Balaban J connectivity index is 2.81. The van der Waals surface area contributed by atoms with Crippen molar-refractivity contribution in [2.24, 2.45) is 5.73 Å². The number of rotatable bonds is 3. The molecular formula is C7H8N2O2. The molecule has 1 aromatic rings. The van der Waals surface area contributed by atoms with Crippen LogP contribution >= 0.6 is 0 Å². The number of hydrogen-bond donors (Lipinski definition) is 1. The maximum Gasteiger partial charge on any atom is 0.270 e. The van der Waals surface area contributed by atoms with Crippen LogP contribution in [0.1, 0.15) is 16.2 Å². The molecule has 4 heteroatoms. The summed E-state index contributed by atoms with van der Waals surface area (Å²) >= 11 is 0. The van der Waals surface area contributed by atoms with E-state index in [0.717, 1.165) is 0 Å². The quantitative estimate of drug-likeness (QED) is 0.641. The lowest BCUT2D eigenvalue weighted by molar-refractivity contribution is 0.0991. The molecule has 0 aliphatic heterocycles. The molecule has 0 saturated heterocycles. The standard InChI is InChI=1S/C7H8N2O2/c1-2-3-5-4-6(7(8)10)9-11-5/h2,4H,1,3H2,(H2,8,10). The summed E-state index contributed by atoms with van der Waals surface area (Å²) in [7, 11) is 0. The van der Waals surface area contributed by atoms with Crippen molar-refractivity contribution >= 4 is 5.91 Å². The Kier molecular flexibility index (Phi) is 2.06. The number of carbonyl (C=O) groups is 1. The minimum Gasteiger partial charge on any atom is -0.364 e. The third kappa shape index (κ3) is 1.67. The maximum absolute atomic E-state index is 10.5. The van der Waals surface area contributed by atoms with Crippen LogP contribution in [0.15, 0.2) is 23.2 Å². The highest BCUT2D eigenvalue weighted by molar-refractivity contribution is 5.90. The Morgan fingerprint density at radius 3 is 3.09 bits per heavy atom. The lowest BCUT2D eigenvalue weighted by Gasteiger charge is -1.80. The Morgan fingerprint density at radius 2 is 2.64 bits per heavy atom. The Labute approximate surface area is 63.7 Å². The predicted octanol–water partition coefficient (Wildman–Crippen LogP) is 0.502. The highest BCUT2D eigenvalue weighted by Gasteiger charge is 2.06. The van der Waals surface area contributed by atoms with Crippen LogP contribution in [-0.2, 0) is 6.42 Å². The second kappa shape index (κ2) is 3.01. The van der Waals surface area contributed by atoms with E-state index in [-0.39, 0.29) is 5.69 Å². The van der Waals surface area contributed by atoms with Crippen molar-refractivity contribution in [1.29, 1.82) is 0 Å². The van der Waals surface area contributed by atoms with Gasteiger partial charge in [-0.05, 0) is 0 Å². The van der Waals surface area contributed by atoms with Gasteiger partial charge in [-0.3, -0.25) is 4.79 Å². The normalized spacial score (nSPS) is 9.45. The summed E-state index contributed by atoms with van der Waals surface area (Å²) < 4.78 is 4.74. The SMILES string of the molecule is C=CCc1cc(C(N)=O)no1. The fourth-order valence-corrected chi connectivity index (χ4v) is 0.668. The van der Waals surface area contributed by atoms with E-state index in [4.69, 9.17) is 10.3 Å². The van der Waals surface area contributed by atoms with Crippen molar-refractivity contribution in [3.05, 3.63) is 30.2 Å². The number of amides is 1. The second-order valence-corrected chi connectivity index (χ2v) is 2.04. The van der Waals surface area contributed by atoms with E-state index in [9.17, 15) is 4.79 Å². The van der Waals surface area contributed by atoms with Crippen LogP contribution in [-0.4, -0.2) is 11.1 Å². The van der Waals surface area contributed by atoms with Crippen LogP contribution in [0.5, 0.6) is 0 Å². The van der Waals surface area contributed by atoms with Gasteiger partial charge in [0, 0.05) is 12.5 Å². The lowest BCUT2D eigenvalue weighted by atomic mass is 10.3. The van der Waals surface area contributed by atoms with E-state index in [1.165, 1.54) is 6.07 Å². The number of aromatic nitrogens is 1. The highest BCUT2D eigenvalue weighted by Crippen LogP contribution is 2.03. The van der Waals surface area contributed by atoms with Gasteiger partial charge in [0.2, 0.25) is 0 Å². The van der Waals surface area contributed by atoms with Crippen LogP contribution in [0.2, 0.25) is 0 Å². The Morgan fingerprint density at radius 1 is 1.91 bits per heavy atom. The average Bonchev–Trinajstić information content (AvgIpc) is 2.37. The van der Waals surface area contributed by atoms with Gasteiger partial charge in [-0.15, -0.1) is 6.58 Å². The van der Waals surface area contributed by atoms with Crippen molar-refractivity contribution in [3.63, 3.8) is 0 Å². The molecule has 58 valence electrons. The summed E-state index contributed by atoms with van der Waals surface area (Å²) in [6.07, 6.45) is 2.21. The molecule has 0 saturated carbocycles. The number of hydrogen-bond acceptors (Lipinski definition) is 3. The summed E-state index contributed by atoms with van der Waals surface area (Å²) in [4.78, 5) is 10.5. The van der Waals surface area contributed by atoms with E-state index in [2.05, 4.69) is 11.7 Å². The second-order valence-electron chi connectivity index (χ2n) is 2.04. The van der Waals surface area contributed by atoms with Gasteiger partial charge >= 0.3 is 0 Å². The first-order valence-electron chi connectivity index (χ1n) is 3.10. The molecule has 0 aromatic carbocycles. The zero-order valence-electron chi connectivity index (χ0n) is 5.91. The number of allylic oxidation sites excluding steroid dienone is 1. The van der Waals surface area contributed by atoms with Crippen LogP contribution in [0.25, 0.3) is 0 Å². The molecule has 0 aliphatic carbocycles. The van der Waals surface area contributed by atoms with E-state index >= 15 is 0 Å². The third-order valence-corrected chi connectivity index (χ3v) is 1.16. The first kappa shape index (κ1) is 7.53. The molecule has 2 N–H and O–H groups in total. The predicted molar refractivity (Wildman–Crippen MR) is 38.9 cm³/mol. The largest absolute Gasteiger partial charge is 0.364 e. The average molecular weight is 152 g/mol. The summed E-state index contributed by atoms with van der Waals surface area (Å²) in [6.45, 7) is 3.51. The first-order chi connectivity index (χ1) is 5.24. The fraction of sp³-hybridized carbons (Fsp3) is 0.143. The van der Waals surface area contributed by atoms with E-state index in [0.29, 0.717) is 12.2 Å². The van der Waals surface area contributed by atoms with Gasteiger partial charge in [0.15, 0.2) is 5.69 Å². The van der Waals surface area contributed by atoms with Gasteiger partial charge in [0.25, 0.3) is 5.91 Å². The van der Waals surface area contributed by atoms with Crippen LogP contribution in [0.4, 0.5) is 0 Å². The number of nitrogens with zero attached hydrogens (tertiary/aromatic N) is 1. The van der Waals surface area contributed by atoms with Gasteiger partial charge in [0.05, 0.1) is 0 Å². The van der Waals surface area contributed by atoms with Gasteiger partial charge in [-0.2, -0.15) is 0 Å². The van der Waals surface area contributed by atoms with Crippen molar-refractivity contribution in [2.75, 3.05) is 0 Å². The van der Waals surface area contributed by atoms with E-state index in [1.807, 2.05) is 0 Å². The molecule has 0 fully saturated rings. The Bertz CT molecular complexity index is 278. The minimum atomic E-state index is -0.580. The summed E-state index contributed by atoms with van der Waals surface area (Å²) in [5, 5.41) is 3.44. The van der Waals surface area contributed by atoms with Crippen LogP contribution < -0.4 is 5.73 Å². The fourth-order valence-electron chi connectivity index (χ4n) is 0.668. The van der Waals surface area contributed by atoms with Gasteiger partial charge in [-0.1, -0.05) is 11.2 Å². The van der Waals surface area contributed by atoms with Crippen molar-refractivity contribution in [2.45, 2.75) is 6.42 Å².